The lowest BCUT2D eigenvalue weighted by atomic mass is 10.2. The van der Waals surface area contributed by atoms with Crippen LogP contribution >= 0.6 is 27.5 Å². The smallest absolute Gasteiger partial charge is 0.137 e. The molecule has 100 valence electrons. The van der Waals surface area contributed by atoms with Crippen molar-refractivity contribution in [2.24, 2.45) is 0 Å². The minimum Gasteiger partial charge on any atom is -0.489 e. The lowest BCUT2D eigenvalue weighted by Crippen LogP contribution is -1.99. The Bertz CT molecular complexity index is 590. The Morgan fingerprint density at radius 3 is 2.58 bits per heavy atom. The van der Waals surface area contributed by atoms with Crippen LogP contribution in [0.5, 0.6) is 5.75 Å². The molecule has 0 spiro atoms. The molecule has 0 heterocycles. The lowest BCUT2D eigenvalue weighted by Gasteiger charge is -2.10. The van der Waals surface area contributed by atoms with Gasteiger partial charge in [0, 0.05) is 5.56 Å². The number of hydrogen-bond donors (Lipinski definition) is 0. The second kappa shape index (κ2) is 6.35. The van der Waals surface area contributed by atoms with Gasteiger partial charge in [0.1, 0.15) is 24.0 Å². The fraction of sp³-hybridized carbons (Fsp3) is 0.143. The summed E-state index contributed by atoms with van der Waals surface area (Å²) in [6.07, 6.45) is 0. The third kappa shape index (κ3) is 3.67. The topological polar surface area (TPSA) is 9.23 Å². The SMILES string of the molecule is Fc1ccc(OCc2ccc(F)c(Br)c2)c(CCl)c1. The summed E-state index contributed by atoms with van der Waals surface area (Å²) in [6, 6.07) is 8.81. The Morgan fingerprint density at radius 2 is 1.89 bits per heavy atom. The van der Waals surface area contributed by atoms with Crippen molar-refractivity contribution in [2.75, 3.05) is 0 Å². The molecule has 0 fully saturated rings. The number of halogens is 4. The molecule has 0 aliphatic heterocycles. The van der Waals surface area contributed by atoms with E-state index in [-0.39, 0.29) is 24.1 Å². The molecule has 5 heteroatoms. The van der Waals surface area contributed by atoms with E-state index in [1.807, 2.05) is 0 Å². The zero-order chi connectivity index (χ0) is 13.8. The summed E-state index contributed by atoms with van der Waals surface area (Å²) >= 11 is 8.84. The first-order chi connectivity index (χ1) is 9.10. The van der Waals surface area contributed by atoms with E-state index in [9.17, 15) is 8.78 Å². The Balaban J connectivity index is 2.12. The highest BCUT2D eigenvalue weighted by atomic mass is 79.9. The molecule has 0 atom stereocenters. The van der Waals surface area contributed by atoms with Gasteiger partial charge in [-0.2, -0.15) is 0 Å². The van der Waals surface area contributed by atoms with Crippen molar-refractivity contribution in [3.8, 4) is 5.75 Å². The highest BCUT2D eigenvalue weighted by molar-refractivity contribution is 9.10. The van der Waals surface area contributed by atoms with Crippen molar-refractivity contribution in [1.82, 2.24) is 0 Å². The molecule has 2 aromatic carbocycles. The van der Waals surface area contributed by atoms with Crippen molar-refractivity contribution in [3.63, 3.8) is 0 Å². The summed E-state index contributed by atoms with van der Waals surface area (Å²) in [7, 11) is 0. The summed E-state index contributed by atoms with van der Waals surface area (Å²) in [6.45, 7) is 0.258. The molecule has 0 N–H and O–H groups in total. The van der Waals surface area contributed by atoms with E-state index in [0.717, 1.165) is 5.56 Å². The minimum absolute atomic E-state index is 0.167. The van der Waals surface area contributed by atoms with Crippen LogP contribution in [0.1, 0.15) is 11.1 Å². The van der Waals surface area contributed by atoms with E-state index in [1.165, 1.54) is 24.3 Å². The highest BCUT2D eigenvalue weighted by Crippen LogP contribution is 2.23. The van der Waals surface area contributed by atoms with Gasteiger partial charge in [-0.15, -0.1) is 11.6 Å². The molecule has 1 nitrogen and oxygen atoms in total. The molecule has 2 rings (SSSR count). The van der Waals surface area contributed by atoms with Crippen LogP contribution in [0, 0.1) is 11.6 Å². The maximum atomic E-state index is 13.1. The fourth-order valence-electron chi connectivity index (χ4n) is 1.58. The number of benzene rings is 2. The fourth-order valence-corrected chi connectivity index (χ4v) is 2.22. The normalized spacial score (nSPS) is 10.5. The maximum Gasteiger partial charge on any atom is 0.137 e. The average Bonchev–Trinajstić information content (AvgIpc) is 2.41. The van der Waals surface area contributed by atoms with Crippen molar-refractivity contribution >= 4 is 27.5 Å². The van der Waals surface area contributed by atoms with Gasteiger partial charge in [0.05, 0.1) is 10.4 Å². The monoisotopic (exact) mass is 346 g/mol. The van der Waals surface area contributed by atoms with Gasteiger partial charge in [-0.1, -0.05) is 6.07 Å². The van der Waals surface area contributed by atoms with Gasteiger partial charge in [-0.05, 0) is 51.8 Å². The van der Waals surface area contributed by atoms with E-state index in [0.29, 0.717) is 15.8 Å². The summed E-state index contributed by atoms with van der Waals surface area (Å²) in [5.41, 5.74) is 1.39. The molecule has 0 aliphatic rings. The van der Waals surface area contributed by atoms with Crippen LogP contribution in [-0.4, -0.2) is 0 Å². The molecular weight excluding hydrogens is 338 g/mol. The number of hydrogen-bond acceptors (Lipinski definition) is 1. The van der Waals surface area contributed by atoms with Gasteiger partial charge in [-0.3, -0.25) is 0 Å². The van der Waals surface area contributed by atoms with Crippen LogP contribution in [0.3, 0.4) is 0 Å². The van der Waals surface area contributed by atoms with Crippen LogP contribution in [0.15, 0.2) is 40.9 Å². The molecule has 0 unspecified atom stereocenters. The first kappa shape index (κ1) is 14.3. The second-order valence-electron chi connectivity index (χ2n) is 3.92. The summed E-state index contributed by atoms with van der Waals surface area (Å²) in [5.74, 6) is 0.0107. The number of alkyl halides is 1. The Hall–Kier alpha value is -1.13. The van der Waals surface area contributed by atoms with Gasteiger partial charge >= 0.3 is 0 Å². The molecule has 0 aliphatic carbocycles. The van der Waals surface area contributed by atoms with E-state index >= 15 is 0 Å². The van der Waals surface area contributed by atoms with E-state index in [2.05, 4.69) is 15.9 Å². The Morgan fingerprint density at radius 1 is 1.11 bits per heavy atom. The van der Waals surface area contributed by atoms with Crippen molar-refractivity contribution in [1.29, 1.82) is 0 Å². The van der Waals surface area contributed by atoms with Crippen LogP contribution in [-0.2, 0) is 12.5 Å². The molecule has 0 saturated carbocycles. The van der Waals surface area contributed by atoms with Gasteiger partial charge < -0.3 is 4.74 Å². The zero-order valence-corrected chi connectivity index (χ0v) is 12.1. The lowest BCUT2D eigenvalue weighted by molar-refractivity contribution is 0.303. The van der Waals surface area contributed by atoms with Crippen molar-refractivity contribution in [3.05, 3.63) is 63.6 Å². The Labute approximate surface area is 123 Å². The third-order valence-corrected chi connectivity index (χ3v) is 3.44. The van der Waals surface area contributed by atoms with Crippen molar-refractivity contribution < 1.29 is 13.5 Å². The average molecular weight is 348 g/mol. The highest BCUT2D eigenvalue weighted by Gasteiger charge is 2.06. The number of rotatable bonds is 4. The van der Waals surface area contributed by atoms with Gasteiger partial charge in [0.2, 0.25) is 0 Å². The predicted octanol–water partition coefficient (Wildman–Crippen LogP) is 5.05. The van der Waals surface area contributed by atoms with Gasteiger partial charge in [0.15, 0.2) is 0 Å². The van der Waals surface area contributed by atoms with Gasteiger partial charge in [-0.25, -0.2) is 8.78 Å². The first-order valence-electron chi connectivity index (χ1n) is 5.51. The molecule has 0 aromatic heterocycles. The number of ether oxygens (including phenoxy) is 1. The maximum absolute atomic E-state index is 13.1. The minimum atomic E-state index is -0.354. The van der Waals surface area contributed by atoms with E-state index in [4.69, 9.17) is 16.3 Å². The van der Waals surface area contributed by atoms with Crippen molar-refractivity contribution in [2.45, 2.75) is 12.5 Å². The molecule has 0 bridgehead atoms. The molecule has 0 saturated heterocycles. The first-order valence-corrected chi connectivity index (χ1v) is 6.84. The molecular formula is C14H10BrClF2O. The van der Waals surface area contributed by atoms with Crippen LogP contribution in [0.4, 0.5) is 8.78 Å². The summed E-state index contributed by atoms with van der Waals surface area (Å²) in [4.78, 5) is 0. The quantitative estimate of drug-likeness (QED) is 0.704. The summed E-state index contributed by atoms with van der Waals surface area (Å²) < 4.78 is 32.1. The second-order valence-corrected chi connectivity index (χ2v) is 5.04. The van der Waals surface area contributed by atoms with E-state index < -0.39 is 0 Å². The molecule has 2 aromatic rings. The molecule has 19 heavy (non-hydrogen) atoms. The Kier molecular flexibility index (Phi) is 4.77. The van der Waals surface area contributed by atoms with Gasteiger partial charge in [0.25, 0.3) is 0 Å². The summed E-state index contributed by atoms with van der Waals surface area (Å²) in [5, 5.41) is 0. The zero-order valence-electron chi connectivity index (χ0n) is 9.80. The third-order valence-electron chi connectivity index (χ3n) is 2.54. The molecule has 0 amide bonds. The predicted molar refractivity (Wildman–Crippen MR) is 74.4 cm³/mol. The standard InChI is InChI=1S/C14H10BrClF2O/c15-12-5-9(1-3-13(12)18)8-19-14-4-2-11(17)6-10(14)7-16/h1-6H,7-8H2. The molecule has 0 radical (unpaired) electrons. The van der Waals surface area contributed by atoms with Crippen LogP contribution in [0.2, 0.25) is 0 Å². The van der Waals surface area contributed by atoms with Crippen LogP contribution < -0.4 is 4.74 Å². The van der Waals surface area contributed by atoms with E-state index in [1.54, 1.807) is 12.1 Å². The largest absolute Gasteiger partial charge is 0.489 e. The van der Waals surface area contributed by atoms with Crippen LogP contribution in [0.25, 0.3) is 0 Å².